The highest BCUT2D eigenvalue weighted by molar-refractivity contribution is 8.00. The molecule has 1 aromatic heterocycles. The van der Waals surface area contributed by atoms with Crippen LogP contribution in [0.1, 0.15) is 37.8 Å². The Labute approximate surface area is 208 Å². The van der Waals surface area contributed by atoms with E-state index in [4.69, 9.17) is 19.3 Å². The number of benzene rings is 3. The summed E-state index contributed by atoms with van der Waals surface area (Å²) >= 11 is 1.52. The third-order valence-electron chi connectivity index (χ3n) is 5.63. The maximum Gasteiger partial charge on any atom is 0.234 e. The van der Waals surface area contributed by atoms with Crippen molar-refractivity contribution in [2.45, 2.75) is 37.9 Å². The number of nitrogens with zero attached hydrogens (tertiary/aromatic N) is 2. The van der Waals surface area contributed by atoms with Gasteiger partial charge in [0.15, 0.2) is 11.9 Å². The van der Waals surface area contributed by atoms with Crippen LogP contribution >= 0.6 is 11.8 Å². The molecule has 2 heterocycles. The lowest BCUT2D eigenvalue weighted by Crippen LogP contribution is -2.19. The minimum atomic E-state index is -0.266. The number of anilines is 1. The molecule has 1 unspecified atom stereocenters. The van der Waals surface area contributed by atoms with Crippen molar-refractivity contribution in [2.24, 2.45) is 0 Å². The first-order valence-electron chi connectivity index (χ1n) is 11.7. The molecule has 1 amide bonds. The van der Waals surface area contributed by atoms with Crippen molar-refractivity contribution in [3.63, 3.8) is 0 Å². The fourth-order valence-electron chi connectivity index (χ4n) is 3.99. The number of hydrogen-bond donors (Lipinski definition) is 1. The second kappa shape index (κ2) is 10.3. The summed E-state index contributed by atoms with van der Waals surface area (Å²) in [6.07, 6.45) is 0.471. The van der Waals surface area contributed by atoms with Gasteiger partial charge >= 0.3 is 0 Å². The maximum atomic E-state index is 11.6. The number of hydrogen-bond acceptors (Lipinski definition) is 6. The van der Waals surface area contributed by atoms with Crippen LogP contribution in [-0.2, 0) is 11.4 Å². The predicted octanol–water partition coefficient (Wildman–Crippen LogP) is 5.64. The van der Waals surface area contributed by atoms with E-state index in [9.17, 15) is 4.79 Å². The third kappa shape index (κ3) is 5.07. The number of para-hydroxylation sites is 2. The van der Waals surface area contributed by atoms with Gasteiger partial charge in [0.1, 0.15) is 30.2 Å². The van der Waals surface area contributed by atoms with E-state index in [2.05, 4.69) is 12.2 Å². The van der Waals surface area contributed by atoms with Gasteiger partial charge in [0.25, 0.3) is 0 Å². The molecule has 7 nitrogen and oxygen atoms in total. The fraction of sp³-hybridized carbons (Fsp3) is 0.259. The molecule has 0 aliphatic carbocycles. The van der Waals surface area contributed by atoms with Crippen molar-refractivity contribution in [1.82, 2.24) is 9.71 Å². The summed E-state index contributed by atoms with van der Waals surface area (Å²) in [5.41, 5.74) is 3.63. The van der Waals surface area contributed by atoms with Crippen molar-refractivity contribution >= 4 is 34.4 Å². The van der Waals surface area contributed by atoms with Gasteiger partial charge in [-0.1, -0.05) is 31.2 Å². The summed E-state index contributed by atoms with van der Waals surface area (Å²) < 4.78 is 14.2. The standard InChI is InChI=1S/C27H27N3O4S/c1-3-24(27-29-21-10-5-6-11-23(21)30(27)33-4-2)34-20-9-7-8-18(14-20)16-32-19-12-13-22-25(15-19)35-17-26(31)28-22/h5-15,24H,3-4,16-17H2,1-2H3,(H,28,31). The Morgan fingerprint density at radius 3 is 2.80 bits per heavy atom. The molecular weight excluding hydrogens is 462 g/mol. The molecule has 35 heavy (non-hydrogen) atoms. The second-order valence-electron chi connectivity index (χ2n) is 8.12. The third-order valence-corrected chi connectivity index (χ3v) is 6.68. The molecular formula is C27H27N3O4S. The van der Waals surface area contributed by atoms with Crippen LogP contribution in [0.2, 0.25) is 0 Å². The molecule has 5 rings (SSSR count). The highest BCUT2D eigenvalue weighted by Gasteiger charge is 2.22. The molecule has 3 aromatic carbocycles. The van der Waals surface area contributed by atoms with Gasteiger partial charge in [-0.05, 0) is 61.4 Å². The molecule has 1 N–H and O–H groups in total. The lowest BCUT2D eigenvalue weighted by atomic mass is 10.2. The van der Waals surface area contributed by atoms with Crippen LogP contribution < -0.4 is 19.6 Å². The first kappa shape index (κ1) is 23.1. The van der Waals surface area contributed by atoms with E-state index in [1.54, 1.807) is 4.73 Å². The Morgan fingerprint density at radius 1 is 1.06 bits per heavy atom. The molecule has 0 bridgehead atoms. The number of imidazole rings is 1. The summed E-state index contributed by atoms with van der Waals surface area (Å²) in [7, 11) is 0. The van der Waals surface area contributed by atoms with Crippen molar-refractivity contribution in [3.05, 3.63) is 78.1 Å². The van der Waals surface area contributed by atoms with E-state index in [1.807, 2.05) is 73.7 Å². The molecule has 0 spiro atoms. The molecule has 1 atom stereocenters. The predicted molar refractivity (Wildman–Crippen MR) is 137 cm³/mol. The number of rotatable bonds is 9. The van der Waals surface area contributed by atoms with Crippen LogP contribution in [0.3, 0.4) is 0 Å². The van der Waals surface area contributed by atoms with Gasteiger partial charge in [-0.25, -0.2) is 4.98 Å². The van der Waals surface area contributed by atoms with Crippen molar-refractivity contribution in [3.8, 4) is 11.5 Å². The summed E-state index contributed by atoms with van der Waals surface area (Å²) in [6.45, 7) is 4.97. The van der Waals surface area contributed by atoms with Crippen LogP contribution in [0.5, 0.6) is 11.5 Å². The average Bonchev–Trinajstić information content (AvgIpc) is 3.25. The van der Waals surface area contributed by atoms with Gasteiger partial charge in [-0.3, -0.25) is 4.79 Å². The summed E-state index contributed by atoms with van der Waals surface area (Å²) in [5, 5.41) is 2.88. The lowest BCUT2D eigenvalue weighted by Gasteiger charge is -2.19. The number of thioether (sulfide) groups is 1. The van der Waals surface area contributed by atoms with Crippen molar-refractivity contribution < 1.29 is 19.1 Å². The SMILES string of the molecule is CCOn1c(C(CC)Oc2cccc(COc3ccc4c(c3)SCC(=O)N4)c2)nc2ccccc21. The fourth-order valence-corrected chi connectivity index (χ4v) is 4.83. The number of nitrogens with one attached hydrogen (secondary N) is 1. The highest BCUT2D eigenvalue weighted by atomic mass is 32.2. The number of carbonyl (C=O) groups excluding carboxylic acids is 1. The quantitative estimate of drug-likeness (QED) is 0.328. The maximum absolute atomic E-state index is 11.6. The second-order valence-corrected chi connectivity index (χ2v) is 9.13. The van der Waals surface area contributed by atoms with E-state index in [0.717, 1.165) is 50.9 Å². The van der Waals surface area contributed by atoms with Gasteiger partial charge < -0.3 is 19.6 Å². The van der Waals surface area contributed by atoms with Gasteiger partial charge in [-0.15, -0.1) is 11.8 Å². The Hall–Kier alpha value is -3.65. The van der Waals surface area contributed by atoms with Gasteiger partial charge in [0.2, 0.25) is 5.91 Å². The first-order chi connectivity index (χ1) is 17.1. The minimum absolute atomic E-state index is 0.0233. The number of carbonyl (C=O) groups is 1. The topological polar surface area (TPSA) is 74.6 Å². The number of amides is 1. The van der Waals surface area contributed by atoms with Gasteiger partial charge in [0.05, 0.1) is 17.0 Å². The van der Waals surface area contributed by atoms with E-state index in [0.29, 0.717) is 19.0 Å². The van der Waals surface area contributed by atoms with Crippen LogP contribution in [0, 0.1) is 0 Å². The van der Waals surface area contributed by atoms with Gasteiger partial charge in [0, 0.05) is 4.90 Å². The first-order valence-corrected chi connectivity index (χ1v) is 12.7. The summed E-state index contributed by atoms with van der Waals surface area (Å²) in [6, 6.07) is 21.5. The van der Waals surface area contributed by atoms with E-state index < -0.39 is 0 Å². The van der Waals surface area contributed by atoms with Crippen LogP contribution in [0.15, 0.2) is 71.6 Å². The minimum Gasteiger partial charge on any atom is -0.489 e. The number of ether oxygens (including phenoxy) is 2. The van der Waals surface area contributed by atoms with E-state index in [-0.39, 0.29) is 12.0 Å². The van der Waals surface area contributed by atoms with Crippen LogP contribution in [0.25, 0.3) is 11.0 Å². The largest absolute Gasteiger partial charge is 0.489 e. The summed E-state index contributed by atoms with van der Waals surface area (Å²) in [4.78, 5) is 23.3. The Morgan fingerprint density at radius 2 is 1.94 bits per heavy atom. The van der Waals surface area contributed by atoms with E-state index in [1.165, 1.54) is 11.8 Å². The number of fused-ring (bicyclic) bond motifs is 2. The smallest absolute Gasteiger partial charge is 0.234 e. The molecule has 8 heteroatoms. The molecule has 4 aromatic rings. The zero-order valence-electron chi connectivity index (χ0n) is 19.7. The molecule has 0 fully saturated rings. The normalized spacial score (nSPS) is 13.7. The van der Waals surface area contributed by atoms with Crippen LogP contribution in [-0.4, -0.2) is 28.0 Å². The molecule has 180 valence electrons. The summed E-state index contributed by atoms with van der Waals surface area (Å²) in [5.74, 6) is 2.70. The van der Waals surface area contributed by atoms with Crippen molar-refractivity contribution in [2.75, 3.05) is 17.7 Å². The van der Waals surface area contributed by atoms with Crippen molar-refractivity contribution in [1.29, 1.82) is 0 Å². The Balaban J connectivity index is 1.30. The lowest BCUT2D eigenvalue weighted by molar-refractivity contribution is -0.113. The number of aromatic nitrogens is 2. The zero-order chi connectivity index (χ0) is 24.2. The Kier molecular flexibility index (Phi) is 6.81. The molecule has 0 radical (unpaired) electrons. The van der Waals surface area contributed by atoms with Gasteiger partial charge in [-0.2, -0.15) is 4.73 Å². The molecule has 1 aliphatic heterocycles. The highest BCUT2D eigenvalue weighted by Crippen LogP contribution is 2.34. The molecule has 1 aliphatic rings. The van der Waals surface area contributed by atoms with Crippen LogP contribution in [0.4, 0.5) is 5.69 Å². The molecule has 0 saturated carbocycles. The Bertz CT molecular complexity index is 1350. The zero-order valence-corrected chi connectivity index (χ0v) is 20.5. The average molecular weight is 490 g/mol. The van der Waals surface area contributed by atoms with E-state index >= 15 is 0 Å². The monoisotopic (exact) mass is 489 g/mol. The molecule has 0 saturated heterocycles.